The van der Waals surface area contributed by atoms with Crippen LogP contribution in [-0.4, -0.2) is 116 Å². The highest BCUT2D eigenvalue weighted by molar-refractivity contribution is 7.99. The van der Waals surface area contributed by atoms with Crippen molar-refractivity contribution in [2.75, 3.05) is 71.4 Å². The predicted octanol–water partition coefficient (Wildman–Crippen LogP) is 2.25. The number of β-amino-alcohol motifs (C(OH)–C–C–N with tert-alkyl or cyclic N) is 1. The number of sulfonamides is 1. The Morgan fingerprint density at radius 3 is 2.02 bits per heavy atom. The first-order valence-corrected chi connectivity index (χ1v) is 15.1. The number of hydrogen-bond acceptors (Lipinski definition) is 9. The summed E-state index contributed by atoms with van der Waals surface area (Å²) in [5.41, 5.74) is 2.10. The summed E-state index contributed by atoms with van der Waals surface area (Å²) in [7, 11) is -0.359. The number of rotatable bonds is 10. The molecule has 0 saturated carbocycles. The molecule has 2 aliphatic rings. The number of para-hydroxylation sites is 1. The Balaban J connectivity index is 0.000000482. The maximum absolute atomic E-state index is 12.7. The van der Waals surface area contributed by atoms with E-state index in [2.05, 4.69) is 26.8 Å². The van der Waals surface area contributed by atoms with E-state index in [1.54, 1.807) is 31.9 Å². The maximum atomic E-state index is 12.7. The number of piperazine rings is 1. The molecular formula is C27H36N4O7S2. The van der Waals surface area contributed by atoms with Crippen molar-refractivity contribution < 1.29 is 33.3 Å². The molecule has 1 fully saturated rings. The molecule has 13 heteroatoms. The normalized spacial score (nSPS) is 15.8. The minimum Gasteiger partial charge on any atom is -0.478 e. The molecule has 2 aliphatic heterocycles. The van der Waals surface area contributed by atoms with Gasteiger partial charge in [-0.15, -0.1) is 0 Å². The Kier molecular flexibility index (Phi) is 11.5. The van der Waals surface area contributed by atoms with Crippen LogP contribution in [0.1, 0.15) is 6.42 Å². The fourth-order valence-corrected chi connectivity index (χ4v) is 6.39. The average molecular weight is 593 g/mol. The van der Waals surface area contributed by atoms with Gasteiger partial charge in [0, 0.05) is 75.3 Å². The van der Waals surface area contributed by atoms with Crippen LogP contribution in [0.25, 0.3) is 0 Å². The van der Waals surface area contributed by atoms with E-state index in [-0.39, 0.29) is 6.61 Å². The minimum absolute atomic E-state index is 0.220. The smallest absolute Gasteiger partial charge is 0.328 e. The van der Waals surface area contributed by atoms with Crippen molar-refractivity contribution in [2.24, 2.45) is 0 Å². The molecule has 0 aromatic heterocycles. The molecule has 40 heavy (non-hydrogen) atoms. The number of aliphatic carboxylic acids is 2. The molecule has 2 heterocycles. The summed E-state index contributed by atoms with van der Waals surface area (Å²) in [5.74, 6) is -2.51. The lowest BCUT2D eigenvalue weighted by Crippen LogP contribution is -2.47. The largest absolute Gasteiger partial charge is 0.478 e. The summed E-state index contributed by atoms with van der Waals surface area (Å²) < 4.78 is 26.7. The first-order chi connectivity index (χ1) is 19.0. The summed E-state index contributed by atoms with van der Waals surface area (Å²) >= 11 is 1.69. The van der Waals surface area contributed by atoms with Crippen molar-refractivity contribution in [2.45, 2.75) is 21.1 Å². The third-order valence-corrected chi connectivity index (χ3v) is 9.42. The van der Waals surface area contributed by atoms with Crippen molar-refractivity contribution in [3.8, 4) is 0 Å². The van der Waals surface area contributed by atoms with Crippen molar-refractivity contribution in [1.29, 1.82) is 0 Å². The summed E-state index contributed by atoms with van der Waals surface area (Å²) in [5, 5.41) is 24.8. The number of fused-ring (bicyclic) bond motifs is 2. The van der Waals surface area contributed by atoms with Gasteiger partial charge >= 0.3 is 11.9 Å². The standard InChI is InChI=1S/C23H32N4O3S2.C4H4O4/c1-24(2)32(29,30)19-8-9-23-21(18-19)27(20-6-3-4-7-22(20)31-23)11-5-10-25-12-14-26(15-13-25)16-17-28;5-3(6)1-2-4(7)8/h3-4,6-9,18,28H,5,10-17H2,1-2H3;1-2H,(H,5,6)(H,7,8)/b;2-1+. The van der Waals surface area contributed by atoms with Gasteiger partial charge in [-0.3, -0.25) is 4.90 Å². The molecule has 0 bridgehead atoms. The van der Waals surface area contributed by atoms with Gasteiger partial charge in [0.05, 0.1) is 22.9 Å². The van der Waals surface area contributed by atoms with Crippen LogP contribution in [0.5, 0.6) is 0 Å². The first-order valence-electron chi connectivity index (χ1n) is 12.8. The van der Waals surface area contributed by atoms with E-state index in [0.717, 1.165) is 68.5 Å². The van der Waals surface area contributed by atoms with Gasteiger partial charge in [0.1, 0.15) is 0 Å². The number of nitrogens with zero attached hydrogens (tertiary/aromatic N) is 4. The number of anilines is 2. The van der Waals surface area contributed by atoms with E-state index in [1.165, 1.54) is 9.20 Å². The van der Waals surface area contributed by atoms with Gasteiger partial charge in [0.2, 0.25) is 10.0 Å². The minimum atomic E-state index is -3.49. The van der Waals surface area contributed by atoms with Crippen molar-refractivity contribution in [3.63, 3.8) is 0 Å². The second-order valence-corrected chi connectivity index (χ2v) is 12.6. The van der Waals surface area contributed by atoms with Crippen LogP contribution >= 0.6 is 11.8 Å². The van der Waals surface area contributed by atoms with Gasteiger partial charge in [0.25, 0.3) is 0 Å². The Hall–Kier alpha value is -2.94. The van der Waals surface area contributed by atoms with E-state index in [1.807, 2.05) is 24.3 Å². The number of hydrogen-bond donors (Lipinski definition) is 3. The van der Waals surface area contributed by atoms with Crippen molar-refractivity contribution >= 4 is 45.1 Å². The van der Waals surface area contributed by atoms with Gasteiger partial charge in [-0.05, 0) is 43.3 Å². The van der Waals surface area contributed by atoms with Crippen LogP contribution in [-0.2, 0) is 19.6 Å². The molecule has 2 aromatic carbocycles. The molecule has 0 amide bonds. The van der Waals surface area contributed by atoms with Crippen LogP contribution < -0.4 is 4.90 Å². The number of benzene rings is 2. The fraction of sp³-hybridized carbons (Fsp3) is 0.407. The third kappa shape index (κ3) is 8.53. The van der Waals surface area contributed by atoms with Crippen LogP contribution in [0.3, 0.4) is 0 Å². The zero-order valence-electron chi connectivity index (χ0n) is 22.6. The average Bonchev–Trinajstić information content (AvgIpc) is 2.92. The molecule has 0 spiro atoms. The Bertz CT molecular complexity index is 1290. The Morgan fingerprint density at radius 1 is 0.875 bits per heavy atom. The van der Waals surface area contributed by atoms with Crippen LogP contribution in [0.4, 0.5) is 11.4 Å². The third-order valence-electron chi connectivity index (χ3n) is 6.48. The molecule has 0 atom stereocenters. The molecule has 4 rings (SSSR count). The monoisotopic (exact) mass is 592 g/mol. The second-order valence-electron chi connectivity index (χ2n) is 9.41. The summed E-state index contributed by atoms with van der Waals surface area (Å²) in [6.07, 6.45) is 2.10. The van der Waals surface area contributed by atoms with E-state index >= 15 is 0 Å². The second kappa shape index (κ2) is 14.6. The topological polar surface area (TPSA) is 142 Å². The lowest BCUT2D eigenvalue weighted by atomic mass is 10.2. The van der Waals surface area contributed by atoms with Crippen molar-refractivity contribution in [1.82, 2.24) is 14.1 Å². The maximum Gasteiger partial charge on any atom is 0.328 e. The fourth-order valence-electron chi connectivity index (χ4n) is 4.39. The quantitative estimate of drug-likeness (QED) is 0.350. The SMILES string of the molecule is CN(C)S(=O)(=O)c1ccc2c(c1)N(CCCN1CCN(CCO)CC1)c1ccccc1S2.O=C(O)/C=C/C(=O)O. The number of carboxylic acids is 2. The Labute approximate surface area is 239 Å². The first kappa shape index (κ1) is 31.6. The van der Waals surface area contributed by atoms with E-state index in [0.29, 0.717) is 17.0 Å². The van der Waals surface area contributed by atoms with Gasteiger partial charge in [-0.1, -0.05) is 23.9 Å². The molecule has 2 aromatic rings. The number of carboxylic acid groups (broad SMARTS) is 2. The number of aliphatic hydroxyl groups excluding tert-OH is 1. The highest BCUT2D eigenvalue weighted by atomic mass is 32.2. The van der Waals surface area contributed by atoms with Crippen LogP contribution in [0.2, 0.25) is 0 Å². The lowest BCUT2D eigenvalue weighted by Gasteiger charge is -2.36. The number of aliphatic hydroxyl groups is 1. The molecule has 0 radical (unpaired) electrons. The zero-order valence-corrected chi connectivity index (χ0v) is 24.3. The van der Waals surface area contributed by atoms with Gasteiger partial charge in [-0.2, -0.15) is 0 Å². The molecular weight excluding hydrogens is 556 g/mol. The van der Waals surface area contributed by atoms with Crippen molar-refractivity contribution in [3.05, 3.63) is 54.6 Å². The van der Waals surface area contributed by atoms with Crippen LogP contribution in [0, 0.1) is 0 Å². The zero-order chi connectivity index (χ0) is 29.3. The highest BCUT2D eigenvalue weighted by Crippen LogP contribution is 2.48. The number of carbonyl (C=O) groups is 2. The molecule has 3 N–H and O–H groups in total. The lowest BCUT2D eigenvalue weighted by molar-refractivity contribution is -0.134. The van der Waals surface area contributed by atoms with Gasteiger partial charge in [0.15, 0.2) is 0 Å². The summed E-state index contributed by atoms with van der Waals surface area (Å²) in [6.45, 7) is 6.85. The predicted molar refractivity (Wildman–Crippen MR) is 154 cm³/mol. The summed E-state index contributed by atoms with van der Waals surface area (Å²) in [4.78, 5) is 28.8. The molecule has 1 saturated heterocycles. The molecule has 0 aliphatic carbocycles. The van der Waals surface area contributed by atoms with E-state index < -0.39 is 22.0 Å². The van der Waals surface area contributed by atoms with E-state index in [9.17, 15) is 18.0 Å². The van der Waals surface area contributed by atoms with E-state index in [4.69, 9.17) is 15.3 Å². The molecule has 11 nitrogen and oxygen atoms in total. The molecule has 0 unspecified atom stereocenters. The Morgan fingerprint density at radius 2 is 1.45 bits per heavy atom. The van der Waals surface area contributed by atoms with Gasteiger partial charge in [-0.25, -0.2) is 22.3 Å². The molecule has 218 valence electrons. The van der Waals surface area contributed by atoms with Gasteiger partial charge < -0.3 is 25.1 Å². The highest BCUT2D eigenvalue weighted by Gasteiger charge is 2.27. The van der Waals surface area contributed by atoms with Crippen LogP contribution in [0.15, 0.2) is 69.3 Å². The summed E-state index contributed by atoms with van der Waals surface area (Å²) in [6, 6.07) is 13.8.